The number of anilines is 4. The van der Waals surface area contributed by atoms with E-state index in [1.54, 1.807) is 54.6 Å². The molecule has 1 aliphatic rings. The van der Waals surface area contributed by atoms with Gasteiger partial charge < -0.3 is 20.7 Å². The Kier molecular flexibility index (Phi) is 6.23. The summed E-state index contributed by atoms with van der Waals surface area (Å²) in [5.74, 6) is -0.224. The molecular weight excluding hydrogens is 432 g/mol. The second-order valence-electron chi connectivity index (χ2n) is 6.95. The molecule has 3 N–H and O–H groups in total. The maximum Gasteiger partial charge on any atom is 0.323 e. The second kappa shape index (κ2) is 9.40. The average Bonchev–Trinajstić information content (AvgIpc) is 2.78. The van der Waals surface area contributed by atoms with Crippen LogP contribution in [0.3, 0.4) is 0 Å². The number of para-hydroxylation sites is 1. The maximum atomic E-state index is 12.5. The fourth-order valence-electron chi connectivity index (χ4n) is 3.14. The quantitative estimate of drug-likeness (QED) is 0.538. The Bertz CT molecular complexity index is 1150. The second-order valence-corrected chi connectivity index (χ2v) is 7.39. The van der Waals surface area contributed by atoms with Crippen LogP contribution < -0.4 is 25.6 Å². The minimum absolute atomic E-state index is 0.146. The van der Waals surface area contributed by atoms with E-state index in [0.29, 0.717) is 33.5 Å². The highest BCUT2D eigenvalue weighted by Crippen LogP contribution is 2.34. The van der Waals surface area contributed by atoms with Gasteiger partial charge in [0.25, 0.3) is 5.91 Å². The van der Waals surface area contributed by atoms with Gasteiger partial charge in [-0.3, -0.25) is 14.5 Å². The van der Waals surface area contributed by atoms with Gasteiger partial charge in [0, 0.05) is 22.1 Å². The summed E-state index contributed by atoms with van der Waals surface area (Å²) in [7, 11) is 0. The van der Waals surface area contributed by atoms with Gasteiger partial charge >= 0.3 is 6.03 Å². The molecule has 0 fully saturated rings. The van der Waals surface area contributed by atoms with Gasteiger partial charge in [-0.25, -0.2) is 4.79 Å². The molecule has 0 unspecified atom stereocenters. The van der Waals surface area contributed by atoms with Crippen LogP contribution >= 0.6 is 11.6 Å². The molecule has 0 atom stereocenters. The van der Waals surface area contributed by atoms with Gasteiger partial charge in [-0.2, -0.15) is 0 Å². The highest BCUT2D eigenvalue weighted by atomic mass is 35.5. The average molecular weight is 451 g/mol. The lowest BCUT2D eigenvalue weighted by Crippen LogP contribution is -2.43. The maximum absolute atomic E-state index is 12.5. The SMILES string of the molecule is O=C(CN1C(=O)COc2ccc(Cl)cc21)Nc1ccc(NC(=O)Nc2ccccc2)cc1. The molecule has 4 rings (SSSR count). The monoisotopic (exact) mass is 450 g/mol. The van der Waals surface area contributed by atoms with Crippen LogP contribution in [0.4, 0.5) is 27.5 Å². The number of nitrogens with one attached hydrogen (secondary N) is 3. The summed E-state index contributed by atoms with van der Waals surface area (Å²) in [5, 5.41) is 8.62. The topological polar surface area (TPSA) is 99.8 Å². The number of ether oxygens (including phenoxy) is 1. The Labute approximate surface area is 189 Å². The molecule has 1 aliphatic heterocycles. The zero-order valence-corrected chi connectivity index (χ0v) is 17.6. The number of benzene rings is 3. The van der Waals surface area contributed by atoms with Crippen LogP contribution in [0.15, 0.2) is 72.8 Å². The molecular formula is C23H19ClN4O4. The highest BCUT2D eigenvalue weighted by molar-refractivity contribution is 6.31. The Morgan fingerprint density at radius 3 is 2.19 bits per heavy atom. The normalized spacial score (nSPS) is 12.4. The summed E-state index contributed by atoms with van der Waals surface area (Å²) in [5.41, 5.74) is 2.21. The van der Waals surface area contributed by atoms with Gasteiger partial charge in [0.15, 0.2) is 6.61 Å². The predicted octanol–water partition coefficient (Wildman–Crippen LogP) is 4.35. The van der Waals surface area contributed by atoms with Gasteiger partial charge in [-0.05, 0) is 54.6 Å². The van der Waals surface area contributed by atoms with Crippen molar-refractivity contribution >= 4 is 52.2 Å². The number of carbonyl (C=O) groups is 3. The first-order valence-electron chi connectivity index (χ1n) is 9.73. The fraction of sp³-hybridized carbons (Fsp3) is 0.0870. The number of amides is 4. The van der Waals surface area contributed by atoms with E-state index in [9.17, 15) is 14.4 Å². The van der Waals surface area contributed by atoms with Crippen LogP contribution in [-0.2, 0) is 9.59 Å². The van der Waals surface area contributed by atoms with E-state index in [-0.39, 0.29) is 31.0 Å². The molecule has 0 radical (unpaired) electrons. The first-order valence-corrected chi connectivity index (χ1v) is 10.1. The summed E-state index contributed by atoms with van der Waals surface area (Å²) in [6.07, 6.45) is 0. The predicted molar refractivity (Wildman–Crippen MR) is 123 cm³/mol. The molecule has 3 aromatic rings. The van der Waals surface area contributed by atoms with Crippen molar-refractivity contribution in [2.45, 2.75) is 0 Å². The molecule has 0 aliphatic carbocycles. The molecule has 162 valence electrons. The number of hydrogen-bond acceptors (Lipinski definition) is 4. The Hall–Kier alpha value is -4.04. The molecule has 8 nitrogen and oxygen atoms in total. The van der Waals surface area contributed by atoms with Crippen LogP contribution in [-0.4, -0.2) is 31.0 Å². The molecule has 3 aromatic carbocycles. The van der Waals surface area contributed by atoms with E-state index in [1.165, 1.54) is 4.90 Å². The third kappa shape index (κ3) is 5.16. The number of fused-ring (bicyclic) bond motifs is 1. The van der Waals surface area contributed by atoms with Crippen molar-refractivity contribution in [3.05, 3.63) is 77.8 Å². The van der Waals surface area contributed by atoms with Gasteiger partial charge in [-0.1, -0.05) is 29.8 Å². The first kappa shape index (κ1) is 21.2. The van der Waals surface area contributed by atoms with Crippen molar-refractivity contribution < 1.29 is 19.1 Å². The zero-order chi connectivity index (χ0) is 22.5. The number of halogens is 1. The Morgan fingerprint density at radius 1 is 0.875 bits per heavy atom. The molecule has 0 saturated heterocycles. The van der Waals surface area contributed by atoms with Gasteiger partial charge in [0.05, 0.1) is 5.69 Å². The molecule has 4 amide bonds. The summed E-state index contributed by atoms with van der Waals surface area (Å²) in [6, 6.07) is 20.2. The van der Waals surface area contributed by atoms with Gasteiger partial charge in [0.1, 0.15) is 12.3 Å². The van der Waals surface area contributed by atoms with Gasteiger partial charge in [-0.15, -0.1) is 0 Å². The number of urea groups is 1. The largest absolute Gasteiger partial charge is 0.482 e. The smallest absolute Gasteiger partial charge is 0.323 e. The molecule has 0 bridgehead atoms. The number of nitrogens with zero attached hydrogens (tertiary/aromatic N) is 1. The standard InChI is InChI=1S/C23H19ClN4O4/c24-15-6-11-20-19(12-15)28(22(30)14-32-20)13-21(29)25-17-7-9-18(10-8-17)27-23(31)26-16-4-2-1-3-5-16/h1-12H,13-14H2,(H,25,29)(H2,26,27,31). The van der Waals surface area contributed by atoms with Crippen LogP contribution in [0.5, 0.6) is 5.75 Å². The minimum atomic E-state index is -0.381. The summed E-state index contributed by atoms with van der Waals surface area (Å²) >= 11 is 6.02. The van der Waals surface area contributed by atoms with Crippen LogP contribution in [0, 0.1) is 0 Å². The lowest BCUT2D eigenvalue weighted by molar-refractivity contribution is -0.123. The Morgan fingerprint density at radius 2 is 1.50 bits per heavy atom. The van der Waals surface area contributed by atoms with Crippen LogP contribution in [0.25, 0.3) is 0 Å². The van der Waals surface area contributed by atoms with E-state index in [1.807, 2.05) is 18.2 Å². The summed E-state index contributed by atoms with van der Waals surface area (Å²) in [4.78, 5) is 38.2. The highest BCUT2D eigenvalue weighted by Gasteiger charge is 2.27. The number of carbonyl (C=O) groups excluding carboxylic acids is 3. The van der Waals surface area contributed by atoms with E-state index < -0.39 is 0 Å². The zero-order valence-electron chi connectivity index (χ0n) is 16.8. The van der Waals surface area contributed by atoms with Crippen molar-refractivity contribution in [1.82, 2.24) is 0 Å². The van der Waals surface area contributed by atoms with Crippen LogP contribution in [0.1, 0.15) is 0 Å². The van der Waals surface area contributed by atoms with E-state index in [4.69, 9.17) is 16.3 Å². The number of hydrogen-bond donors (Lipinski definition) is 3. The molecule has 9 heteroatoms. The van der Waals surface area contributed by atoms with E-state index in [2.05, 4.69) is 16.0 Å². The van der Waals surface area contributed by atoms with Crippen molar-refractivity contribution in [3.63, 3.8) is 0 Å². The fourth-order valence-corrected chi connectivity index (χ4v) is 3.31. The third-order valence-electron chi connectivity index (χ3n) is 4.62. The minimum Gasteiger partial charge on any atom is -0.482 e. The third-order valence-corrected chi connectivity index (χ3v) is 4.86. The Balaban J connectivity index is 1.35. The summed E-state index contributed by atoms with van der Waals surface area (Å²) < 4.78 is 5.38. The molecule has 0 aromatic heterocycles. The number of rotatable bonds is 5. The van der Waals surface area contributed by atoms with Gasteiger partial charge in [0.2, 0.25) is 5.91 Å². The molecule has 1 heterocycles. The van der Waals surface area contributed by atoms with Crippen molar-refractivity contribution in [2.75, 3.05) is 34.0 Å². The first-order chi connectivity index (χ1) is 15.5. The van der Waals surface area contributed by atoms with Crippen molar-refractivity contribution in [1.29, 1.82) is 0 Å². The van der Waals surface area contributed by atoms with Crippen molar-refractivity contribution in [3.8, 4) is 5.75 Å². The van der Waals surface area contributed by atoms with E-state index >= 15 is 0 Å². The van der Waals surface area contributed by atoms with Crippen LogP contribution in [0.2, 0.25) is 5.02 Å². The lowest BCUT2D eigenvalue weighted by atomic mass is 10.2. The van der Waals surface area contributed by atoms with Crippen molar-refractivity contribution in [2.24, 2.45) is 0 Å². The van der Waals surface area contributed by atoms with E-state index in [0.717, 1.165) is 0 Å². The molecule has 32 heavy (non-hydrogen) atoms. The molecule has 0 saturated carbocycles. The lowest BCUT2D eigenvalue weighted by Gasteiger charge is -2.29. The molecule has 0 spiro atoms. The summed E-state index contributed by atoms with van der Waals surface area (Å²) in [6.45, 7) is -0.331.